The van der Waals surface area contributed by atoms with Gasteiger partial charge in [-0.25, -0.2) is 14.3 Å². The minimum absolute atomic E-state index is 0.210. The molecule has 2 heterocycles. The van der Waals surface area contributed by atoms with Crippen LogP contribution in [0.5, 0.6) is 0 Å². The molecule has 0 bridgehead atoms. The zero-order valence-electron chi connectivity index (χ0n) is 13.6. The van der Waals surface area contributed by atoms with Gasteiger partial charge in [-0.2, -0.15) is 10.2 Å². The SMILES string of the molecule is C[C@@H](C(=O)Nc1ccnn1[C@@H](C)c1cc(Cl)ccc1Cl)n1cncn1. The van der Waals surface area contributed by atoms with E-state index >= 15 is 0 Å². The number of hydrogen-bond donors (Lipinski definition) is 1. The smallest absolute Gasteiger partial charge is 0.250 e. The molecule has 1 amide bonds. The minimum atomic E-state index is -0.504. The van der Waals surface area contributed by atoms with Gasteiger partial charge in [-0.05, 0) is 37.6 Å². The number of carbonyl (C=O) groups is 1. The molecule has 2 aromatic heterocycles. The third-order valence-electron chi connectivity index (χ3n) is 3.91. The lowest BCUT2D eigenvalue weighted by molar-refractivity contribution is -0.119. The summed E-state index contributed by atoms with van der Waals surface area (Å²) in [6.45, 7) is 3.67. The highest BCUT2D eigenvalue weighted by molar-refractivity contribution is 6.33. The van der Waals surface area contributed by atoms with E-state index in [1.807, 2.05) is 6.92 Å². The highest BCUT2D eigenvalue weighted by atomic mass is 35.5. The van der Waals surface area contributed by atoms with Crippen LogP contribution in [0.3, 0.4) is 0 Å². The van der Waals surface area contributed by atoms with Crippen molar-refractivity contribution in [2.45, 2.75) is 25.9 Å². The average Bonchev–Trinajstić information content (AvgIpc) is 3.27. The van der Waals surface area contributed by atoms with Crippen molar-refractivity contribution >= 4 is 34.9 Å². The number of halogens is 2. The van der Waals surface area contributed by atoms with Crippen molar-refractivity contribution in [3.05, 3.63) is 58.7 Å². The van der Waals surface area contributed by atoms with E-state index in [2.05, 4.69) is 20.5 Å². The summed E-state index contributed by atoms with van der Waals surface area (Å²) in [5.74, 6) is 0.331. The summed E-state index contributed by atoms with van der Waals surface area (Å²) >= 11 is 12.3. The summed E-state index contributed by atoms with van der Waals surface area (Å²) in [6, 6.07) is 6.27. The maximum atomic E-state index is 12.5. The maximum absolute atomic E-state index is 12.5. The Kier molecular flexibility index (Phi) is 5.06. The van der Waals surface area contributed by atoms with Crippen LogP contribution < -0.4 is 5.32 Å². The number of amides is 1. The normalized spacial score (nSPS) is 13.4. The second-order valence-electron chi connectivity index (χ2n) is 5.54. The molecule has 0 aliphatic heterocycles. The fourth-order valence-corrected chi connectivity index (χ4v) is 2.91. The molecular weight excluding hydrogens is 363 g/mol. The fourth-order valence-electron chi connectivity index (χ4n) is 2.46. The van der Waals surface area contributed by atoms with Crippen molar-refractivity contribution in [2.24, 2.45) is 0 Å². The van der Waals surface area contributed by atoms with Crippen molar-refractivity contribution in [1.82, 2.24) is 24.5 Å². The van der Waals surface area contributed by atoms with Crippen LogP contribution in [0.1, 0.15) is 31.5 Å². The number of benzene rings is 1. The number of nitrogens with one attached hydrogen (secondary N) is 1. The number of carbonyl (C=O) groups excluding carboxylic acids is 1. The molecular formula is C16H16Cl2N6O. The van der Waals surface area contributed by atoms with E-state index in [9.17, 15) is 4.79 Å². The first kappa shape index (κ1) is 17.4. The van der Waals surface area contributed by atoms with Crippen LogP contribution in [0.25, 0.3) is 0 Å². The highest BCUT2D eigenvalue weighted by Gasteiger charge is 2.20. The van der Waals surface area contributed by atoms with Crippen molar-refractivity contribution in [2.75, 3.05) is 5.32 Å². The predicted octanol–water partition coefficient (Wildman–Crippen LogP) is 3.59. The molecule has 0 aliphatic rings. The molecule has 0 aliphatic carbocycles. The van der Waals surface area contributed by atoms with E-state index in [-0.39, 0.29) is 11.9 Å². The monoisotopic (exact) mass is 378 g/mol. The molecule has 7 nitrogen and oxygen atoms in total. The Morgan fingerprint density at radius 2 is 2.00 bits per heavy atom. The zero-order valence-corrected chi connectivity index (χ0v) is 15.1. The van der Waals surface area contributed by atoms with E-state index < -0.39 is 6.04 Å². The summed E-state index contributed by atoms with van der Waals surface area (Å²) in [7, 11) is 0. The molecule has 0 saturated carbocycles. The van der Waals surface area contributed by atoms with Gasteiger partial charge in [0.2, 0.25) is 5.91 Å². The van der Waals surface area contributed by atoms with Gasteiger partial charge >= 0.3 is 0 Å². The van der Waals surface area contributed by atoms with E-state index in [0.717, 1.165) is 5.56 Å². The highest BCUT2D eigenvalue weighted by Crippen LogP contribution is 2.30. The Hall–Kier alpha value is -2.38. The average molecular weight is 379 g/mol. The molecule has 25 heavy (non-hydrogen) atoms. The Labute approximate surface area is 154 Å². The third-order valence-corrected chi connectivity index (χ3v) is 4.49. The molecule has 2 atom stereocenters. The minimum Gasteiger partial charge on any atom is -0.309 e. The number of aromatic nitrogens is 5. The van der Waals surface area contributed by atoms with Crippen molar-refractivity contribution in [1.29, 1.82) is 0 Å². The van der Waals surface area contributed by atoms with Gasteiger partial charge in [0.25, 0.3) is 0 Å². The molecule has 9 heteroatoms. The van der Waals surface area contributed by atoms with E-state index in [4.69, 9.17) is 23.2 Å². The van der Waals surface area contributed by atoms with Crippen LogP contribution in [0.4, 0.5) is 5.82 Å². The van der Waals surface area contributed by atoms with Crippen molar-refractivity contribution in [3.8, 4) is 0 Å². The molecule has 0 fully saturated rings. The maximum Gasteiger partial charge on any atom is 0.250 e. The first-order valence-corrected chi connectivity index (χ1v) is 8.36. The first-order chi connectivity index (χ1) is 12.0. The second-order valence-corrected chi connectivity index (χ2v) is 6.39. The molecule has 0 saturated heterocycles. The van der Waals surface area contributed by atoms with Crippen molar-refractivity contribution < 1.29 is 4.79 Å². The molecule has 130 valence electrons. The van der Waals surface area contributed by atoms with Gasteiger partial charge in [0.05, 0.1) is 12.2 Å². The van der Waals surface area contributed by atoms with Gasteiger partial charge in [-0.15, -0.1) is 0 Å². The van der Waals surface area contributed by atoms with Crippen LogP contribution in [0.15, 0.2) is 43.1 Å². The molecule has 0 radical (unpaired) electrons. The number of hydrogen-bond acceptors (Lipinski definition) is 4. The Morgan fingerprint density at radius 3 is 2.72 bits per heavy atom. The molecule has 1 N–H and O–H groups in total. The van der Waals surface area contributed by atoms with E-state index in [1.54, 1.807) is 42.1 Å². The number of rotatable bonds is 5. The van der Waals surface area contributed by atoms with Crippen LogP contribution in [-0.2, 0) is 4.79 Å². The van der Waals surface area contributed by atoms with E-state index in [0.29, 0.717) is 15.9 Å². The van der Waals surface area contributed by atoms with Gasteiger partial charge in [-0.3, -0.25) is 4.79 Å². The Balaban J connectivity index is 1.83. The summed E-state index contributed by atoms with van der Waals surface area (Å²) in [5, 5.41) is 12.3. The van der Waals surface area contributed by atoms with Crippen LogP contribution in [0, 0.1) is 0 Å². The van der Waals surface area contributed by atoms with Gasteiger partial charge in [0, 0.05) is 16.1 Å². The summed E-state index contributed by atoms with van der Waals surface area (Å²) in [6.07, 6.45) is 4.50. The lowest BCUT2D eigenvalue weighted by Crippen LogP contribution is -2.26. The summed E-state index contributed by atoms with van der Waals surface area (Å²) < 4.78 is 3.16. The second kappa shape index (κ2) is 7.25. The third kappa shape index (κ3) is 3.67. The topological polar surface area (TPSA) is 77.6 Å². The van der Waals surface area contributed by atoms with Gasteiger partial charge < -0.3 is 5.32 Å². The van der Waals surface area contributed by atoms with Gasteiger partial charge in [0.1, 0.15) is 24.5 Å². The Morgan fingerprint density at radius 1 is 1.20 bits per heavy atom. The van der Waals surface area contributed by atoms with E-state index in [1.165, 1.54) is 17.3 Å². The van der Waals surface area contributed by atoms with Crippen LogP contribution in [-0.4, -0.2) is 30.5 Å². The molecule has 3 aromatic rings. The molecule has 0 spiro atoms. The first-order valence-electron chi connectivity index (χ1n) is 7.61. The quantitative estimate of drug-likeness (QED) is 0.735. The predicted molar refractivity (Wildman–Crippen MR) is 95.9 cm³/mol. The number of nitrogens with zero attached hydrogens (tertiary/aromatic N) is 5. The molecule has 3 rings (SSSR count). The lowest BCUT2D eigenvalue weighted by Gasteiger charge is -2.19. The van der Waals surface area contributed by atoms with Crippen LogP contribution in [0.2, 0.25) is 10.0 Å². The fraction of sp³-hybridized carbons (Fsp3) is 0.250. The lowest BCUT2D eigenvalue weighted by atomic mass is 10.1. The van der Waals surface area contributed by atoms with Gasteiger partial charge in [0.15, 0.2) is 0 Å². The molecule has 0 unspecified atom stereocenters. The standard InChI is InChI=1S/C16H16Cl2N6O/c1-10(13-7-12(17)3-4-14(13)18)24-15(5-6-20-24)22-16(25)11(2)23-9-19-8-21-23/h3-11H,1-2H3,(H,22,25)/t10-,11-/m0/s1. The zero-order chi connectivity index (χ0) is 18.0. The molecule has 1 aromatic carbocycles. The summed E-state index contributed by atoms with van der Waals surface area (Å²) in [4.78, 5) is 16.3. The number of anilines is 1. The summed E-state index contributed by atoms with van der Waals surface area (Å²) in [5.41, 5.74) is 0.817. The largest absolute Gasteiger partial charge is 0.309 e. The Bertz CT molecular complexity index is 877. The van der Waals surface area contributed by atoms with Gasteiger partial charge in [-0.1, -0.05) is 23.2 Å². The van der Waals surface area contributed by atoms with Crippen LogP contribution >= 0.6 is 23.2 Å². The van der Waals surface area contributed by atoms with Crippen molar-refractivity contribution in [3.63, 3.8) is 0 Å².